The molecule has 8 nitrogen and oxygen atoms in total. The van der Waals surface area contributed by atoms with Crippen LogP contribution in [0.1, 0.15) is 6.92 Å². The van der Waals surface area contributed by atoms with E-state index in [4.69, 9.17) is 4.74 Å². The fraction of sp³-hybridized carbons (Fsp3) is 0.214. The van der Waals surface area contributed by atoms with Crippen molar-refractivity contribution in [2.45, 2.75) is 17.9 Å². The first kappa shape index (κ1) is 16.8. The number of nitrogens with one attached hydrogen (secondary N) is 2. The van der Waals surface area contributed by atoms with Crippen LogP contribution >= 0.6 is 0 Å². The van der Waals surface area contributed by atoms with Crippen molar-refractivity contribution in [2.24, 2.45) is 0 Å². The largest absolute Gasteiger partial charge is 0.497 e. The van der Waals surface area contributed by atoms with Crippen molar-refractivity contribution in [1.29, 1.82) is 0 Å². The van der Waals surface area contributed by atoms with Gasteiger partial charge in [0.15, 0.2) is 0 Å². The lowest BCUT2D eigenvalue weighted by Gasteiger charge is -2.14. The second-order valence-electron chi connectivity index (χ2n) is 4.63. The minimum atomic E-state index is -3.82. The molecule has 0 aliphatic rings. The van der Waals surface area contributed by atoms with Gasteiger partial charge in [0, 0.05) is 0 Å². The number of nitrogens with zero attached hydrogens (tertiary/aromatic N) is 2. The van der Waals surface area contributed by atoms with E-state index in [1.165, 1.54) is 57.0 Å². The predicted molar refractivity (Wildman–Crippen MR) is 83.4 cm³/mol. The van der Waals surface area contributed by atoms with Gasteiger partial charge < -0.3 is 10.1 Å². The van der Waals surface area contributed by atoms with Crippen LogP contribution in [0.4, 0.5) is 5.69 Å². The molecule has 23 heavy (non-hydrogen) atoms. The zero-order chi connectivity index (χ0) is 16.9. The molecule has 0 saturated heterocycles. The minimum Gasteiger partial charge on any atom is -0.497 e. The highest BCUT2D eigenvalue weighted by Crippen LogP contribution is 2.15. The molecule has 1 amide bonds. The summed E-state index contributed by atoms with van der Waals surface area (Å²) >= 11 is 0. The van der Waals surface area contributed by atoms with Crippen molar-refractivity contribution in [3.05, 3.63) is 43.0 Å². The van der Waals surface area contributed by atoms with Crippen LogP contribution in [0.5, 0.6) is 5.75 Å². The second kappa shape index (κ2) is 7.16. The molecule has 1 aromatic heterocycles. The van der Waals surface area contributed by atoms with Gasteiger partial charge in [0.25, 0.3) is 0 Å². The van der Waals surface area contributed by atoms with Crippen molar-refractivity contribution in [2.75, 3.05) is 12.4 Å². The molecule has 1 heterocycles. The minimum absolute atomic E-state index is 0.0426. The molecule has 2 aromatic rings. The Balaban J connectivity index is 2.05. The van der Waals surface area contributed by atoms with E-state index in [1.807, 2.05) is 0 Å². The van der Waals surface area contributed by atoms with Gasteiger partial charge in [-0.2, -0.15) is 4.72 Å². The number of methoxy groups -OCH3 is 1. The highest BCUT2D eigenvalue weighted by atomic mass is 32.2. The predicted octanol–water partition coefficient (Wildman–Crippen LogP) is 0.791. The van der Waals surface area contributed by atoms with Gasteiger partial charge in [-0.3, -0.25) is 4.79 Å². The Morgan fingerprint density at radius 1 is 1.17 bits per heavy atom. The number of amides is 1. The maximum Gasteiger partial charge on any atom is 0.242 e. The number of rotatable bonds is 6. The summed E-state index contributed by atoms with van der Waals surface area (Å²) in [7, 11) is -2.33. The van der Waals surface area contributed by atoms with Crippen LogP contribution in [0.3, 0.4) is 0 Å². The first-order valence-corrected chi connectivity index (χ1v) is 8.13. The third-order valence-corrected chi connectivity index (χ3v) is 4.48. The number of anilines is 1. The summed E-state index contributed by atoms with van der Waals surface area (Å²) in [6, 6.07) is 4.89. The van der Waals surface area contributed by atoms with Gasteiger partial charge in [-0.15, -0.1) is 0 Å². The highest BCUT2D eigenvalue weighted by Gasteiger charge is 2.22. The van der Waals surface area contributed by atoms with E-state index in [1.54, 1.807) is 0 Å². The van der Waals surface area contributed by atoms with Crippen LogP contribution in [0.25, 0.3) is 0 Å². The van der Waals surface area contributed by atoms with E-state index >= 15 is 0 Å². The average molecular weight is 336 g/mol. The molecule has 0 aliphatic carbocycles. The molecular weight excluding hydrogens is 320 g/mol. The Labute approximate surface area is 134 Å². The summed E-state index contributed by atoms with van der Waals surface area (Å²) in [5.41, 5.74) is 0.382. The SMILES string of the molecule is COc1ccc(S(=O)(=O)NC(C)C(=O)Nc2cncnc2)cc1. The molecule has 0 fully saturated rings. The van der Waals surface area contributed by atoms with Crippen LogP contribution in [0, 0.1) is 0 Å². The van der Waals surface area contributed by atoms with Crippen molar-refractivity contribution in [3.63, 3.8) is 0 Å². The Morgan fingerprint density at radius 3 is 2.35 bits per heavy atom. The number of ether oxygens (including phenoxy) is 1. The van der Waals surface area contributed by atoms with E-state index in [0.717, 1.165) is 0 Å². The first-order chi connectivity index (χ1) is 10.9. The van der Waals surface area contributed by atoms with E-state index in [-0.39, 0.29) is 4.90 Å². The molecule has 0 aliphatic heterocycles. The van der Waals surface area contributed by atoms with E-state index < -0.39 is 22.0 Å². The Kier molecular flexibility index (Phi) is 5.24. The van der Waals surface area contributed by atoms with Crippen molar-refractivity contribution < 1.29 is 17.9 Å². The van der Waals surface area contributed by atoms with Crippen molar-refractivity contribution >= 4 is 21.6 Å². The number of benzene rings is 1. The molecule has 0 bridgehead atoms. The van der Waals surface area contributed by atoms with Gasteiger partial charge in [-0.05, 0) is 31.2 Å². The van der Waals surface area contributed by atoms with E-state index in [9.17, 15) is 13.2 Å². The maximum atomic E-state index is 12.2. The van der Waals surface area contributed by atoms with E-state index in [0.29, 0.717) is 11.4 Å². The summed E-state index contributed by atoms with van der Waals surface area (Å²) in [5, 5.41) is 2.52. The number of aromatic nitrogens is 2. The molecule has 1 unspecified atom stereocenters. The maximum absolute atomic E-state index is 12.2. The van der Waals surface area contributed by atoms with Gasteiger partial charge >= 0.3 is 0 Å². The molecule has 122 valence electrons. The van der Waals surface area contributed by atoms with Gasteiger partial charge in [0.1, 0.15) is 12.1 Å². The van der Waals surface area contributed by atoms with Crippen LogP contribution in [-0.2, 0) is 14.8 Å². The van der Waals surface area contributed by atoms with Crippen molar-refractivity contribution in [3.8, 4) is 5.75 Å². The Hall–Kier alpha value is -2.52. The normalized spacial score (nSPS) is 12.4. The Morgan fingerprint density at radius 2 is 1.78 bits per heavy atom. The molecule has 0 spiro atoms. The van der Waals surface area contributed by atoms with Crippen LogP contribution in [-0.4, -0.2) is 37.4 Å². The standard InChI is InChI=1S/C14H16N4O4S/c1-10(14(19)17-11-7-15-9-16-8-11)18-23(20,21)13-5-3-12(22-2)4-6-13/h3-10,18H,1-2H3,(H,17,19). The van der Waals surface area contributed by atoms with Gasteiger partial charge in [-0.25, -0.2) is 18.4 Å². The number of hydrogen-bond acceptors (Lipinski definition) is 6. The molecule has 1 aromatic carbocycles. The lowest BCUT2D eigenvalue weighted by molar-refractivity contribution is -0.117. The first-order valence-electron chi connectivity index (χ1n) is 6.64. The van der Waals surface area contributed by atoms with E-state index in [2.05, 4.69) is 20.0 Å². The zero-order valence-electron chi connectivity index (χ0n) is 12.6. The lowest BCUT2D eigenvalue weighted by Crippen LogP contribution is -2.41. The Bertz CT molecular complexity index is 763. The molecule has 9 heteroatoms. The summed E-state index contributed by atoms with van der Waals surface area (Å²) in [6.45, 7) is 1.44. The van der Waals surface area contributed by atoms with Crippen LogP contribution < -0.4 is 14.8 Å². The number of hydrogen-bond donors (Lipinski definition) is 2. The topological polar surface area (TPSA) is 110 Å². The average Bonchev–Trinajstić information content (AvgIpc) is 2.55. The number of sulfonamides is 1. The smallest absolute Gasteiger partial charge is 0.242 e. The summed E-state index contributed by atoms with van der Waals surface area (Å²) in [4.78, 5) is 19.6. The highest BCUT2D eigenvalue weighted by molar-refractivity contribution is 7.89. The van der Waals surface area contributed by atoms with Crippen molar-refractivity contribution in [1.82, 2.24) is 14.7 Å². The summed E-state index contributed by atoms with van der Waals surface area (Å²) < 4.78 is 31.8. The molecule has 2 N–H and O–H groups in total. The zero-order valence-corrected chi connectivity index (χ0v) is 13.4. The fourth-order valence-corrected chi connectivity index (χ4v) is 2.93. The second-order valence-corrected chi connectivity index (χ2v) is 6.35. The van der Waals surface area contributed by atoms with Gasteiger partial charge in [0.2, 0.25) is 15.9 Å². The number of carbonyl (C=O) groups is 1. The molecule has 0 radical (unpaired) electrons. The van der Waals surface area contributed by atoms with Gasteiger partial charge in [0.05, 0.1) is 36.1 Å². The third kappa shape index (κ3) is 4.47. The third-order valence-electron chi connectivity index (χ3n) is 2.92. The summed E-state index contributed by atoms with van der Waals surface area (Å²) in [6.07, 6.45) is 4.15. The van der Waals surface area contributed by atoms with Crippen LogP contribution in [0.15, 0.2) is 47.9 Å². The number of carbonyl (C=O) groups excluding carboxylic acids is 1. The molecule has 2 rings (SSSR count). The molecule has 1 atom stereocenters. The quantitative estimate of drug-likeness (QED) is 0.807. The molecule has 0 saturated carbocycles. The lowest BCUT2D eigenvalue weighted by atomic mass is 10.3. The molecular formula is C14H16N4O4S. The summed E-state index contributed by atoms with van der Waals surface area (Å²) in [5.74, 6) is 0.0238. The monoisotopic (exact) mass is 336 g/mol. The van der Waals surface area contributed by atoms with Gasteiger partial charge in [-0.1, -0.05) is 0 Å². The van der Waals surface area contributed by atoms with Crippen LogP contribution in [0.2, 0.25) is 0 Å². The fourth-order valence-electron chi connectivity index (χ4n) is 1.72.